The molecular weight excluding hydrogens is 325 g/mol. The Morgan fingerprint density at radius 2 is 1.62 bits per heavy atom. The average Bonchev–Trinajstić information content (AvgIpc) is 2.55. The summed E-state index contributed by atoms with van der Waals surface area (Å²) in [6, 6.07) is 16.0. The third-order valence-corrected chi connectivity index (χ3v) is 5.49. The highest BCUT2D eigenvalue weighted by molar-refractivity contribution is 7.89. The van der Waals surface area contributed by atoms with E-state index in [2.05, 4.69) is 4.72 Å². The van der Waals surface area contributed by atoms with Crippen LogP contribution in [0.1, 0.15) is 31.4 Å². The second-order valence-electron chi connectivity index (χ2n) is 6.62. The van der Waals surface area contributed by atoms with Gasteiger partial charge in [0.1, 0.15) is 5.82 Å². The van der Waals surface area contributed by atoms with Gasteiger partial charge in [0.15, 0.2) is 0 Å². The van der Waals surface area contributed by atoms with Crippen molar-refractivity contribution in [3.05, 3.63) is 71.5 Å². The van der Waals surface area contributed by atoms with Gasteiger partial charge in [-0.2, -0.15) is 0 Å². The topological polar surface area (TPSA) is 46.2 Å². The van der Waals surface area contributed by atoms with E-state index < -0.39 is 15.4 Å². The van der Waals surface area contributed by atoms with Crippen molar-refractivity contribution >= 4 is 10.0 Å². The third-order valence-electron chi connectivity index (χ3n) is 4.08. The van der Waals surface area contributed by atoms with Gasteiger partial charge in [-0.1, -0.05) is 56.3 Å². The van der Waals surface area contributed by atoms with Crippen LogP contribution in [0, 0.1) is 5.82 Å². The Hall–Kier alpha value is -1.72. The zero-order valence-corrected chi connectivity index (χ0v) is 14.9. The van der Waals surface area contributed by atoms with Crippen LogP contribution in [-0.2, 0) is 21.9 Å². The summed E-state index contributed by atoms with van der Waals surface area (Å²) >= 11 is 0. The van der Waals surface area contributed by atoms with E-state index in [1.54, 1.807) is 12.1 Å². The van der Waals surface area contributed by atoms with Crippen LogP contribution < -0.4 is 4.72 Å². The smallest absolute Gasteiger partial charge is 0.211 e. The molecule has 2 aromatic carbocycles. The first-order valence-corrected chi connectivity index (χ1v) is 9.71. The molecule has 130 valence electrons. The van der Waals surface area contributed by atoms with E-state index in [-0.39, 0.29) is 18.1 Å². The number of hydrogen-bond donors (Lipinski definition) is 1. The van der Waals surface area contributed by atoms with Gasteiger partial charge in [-0.25, -0.2) is 17.5 Å². The zero-order valence-electron chi connectivity index (χ0n) is 14.1. The zero-order chi connectivity index (χ0) is 17.6. The summed E-state index contributed by atoms with van der Waals surface area (Å²) in [6.45, 7) is 4.16. The van der Waals surface area contributed by atoms with Crippen LogP contribution >= 0.6 is 0 Å². The van der Waals surface area contributed by atoms with Gasteiger partial charge < -0.3 is 0 Å². The third kappa shape index (κ3) is 5.73. The van der Waals surface area contributed by atoms with Gasteiger partial charge in [0.25, 0.3) is 0 Å². The fourth-order valence-electron chi connectivity index (χ4n) is 2.48. The minimum absolute atomic E-state index is 0.0986. The molecule has 2 rings (SSSR count). The molecule has 0 aromatic heterocycles. The van der Waals surface area contributed by atoms with E-state index >= 15 is 0 Å². The molecule has 0 saturated heterocycles. The highest BCUT2D eigenvalue weighted by Crippen LogP contribution is 2.22. The number of aryl methyl sites for hydroxylation is 1. The van der Waals surface area contributed by atoms with Crippen molar-refractivity contribution in [1.82, 2.24) is 4.72 Å². The van der Waals surface area contributed by atoms with Gasteiger partial charge in [-0.3, -0.25) is 0 Å². The molecule has 0 heterocycles. The minimum atomic E-state index is -3.33. The Kier molecular flexibility index (Phi) is 6.13. The highest BCUT2D eigenvalue weighted by Gasteiger charge is 2.23. The molecular formula is C19H24FNO2S. The van der Waals surface area contributed by atoms with Gasteiger partial charge in [0, 0.05) is 12.0 Å². The number of sulfonamides is 1. The van der Waals surface area contributed by atoms with E-state index in [1.807, 2.05) is 44.2 Å². The number of benzene rings is 2. The summed E-state index contributed by atoms with van der Waals surface area (Å²) < 4.78 is 40.1. The highest BCUT2D eigenvalue weighted by atomic mass is 32.2. The number of nitrogens with one attached hydrogen (secondary N) is 1. The SMILES string of the molecule is CC(C)(CNS(=O)(=O)CCCc1ccccc1)c1ccc(F)cc1. The fraction of sp³-hybridized carbons (Fsp3) is 0.368. The van der Waals surface area contributed by atoms with Crippen LogP contribution in [-0.4, -0.2) is 20.7 Å². The lowest BCUT2D eigenvalue weighted by Crippen LogP contribution is -2.37. The molecule has 0 aliphatic carbocycles. The molecule has 0 spiro atoms. The maximum atomic E-state index is 13.0. The first kappa shape index (κ1) is 18.6. The Morgan fingerprint density at radius 3 is 2.25 bits per heavy atom. The summed E-state index contributed by atoms with van der Waals surface area (Å²) in [7, 11) is -3.33. The van der Waals surface area contributed by atoms with E-state index in [1.165, 1.54) is 12.1 Å². The molecule has 0 atom stereocenters. The Balaban J connectivity index is 1.86. The van der Waals surface area contributed by atoms with E-state index in [0.29, 0.717) is 6.42 Å². The minimum Gasteiger partial charge on any atom is -0.214 e. The standard InChI is InChI=1S/C19H24FNO2S/c1-19(2,17-10-12-18(20)13-11-17)15-21-24(22,23)14-6-9-16-7-4-3-5-8-16/h3-5,7-8,10-13,21H,6,9,14-15H2,1-2H3. The van der Waals surface area contributed by atoms with Crippen molar-refractivity contribution in [2.24, 2.45) is 0 Å². The molecule has 0 radical (unpaired) electrons. The monoisotopic (exact) mass is 349 g/mol. The predicted octanol–water partition coefficient (Wildman–Crippen LogP) is 3.66. The Bertz CT molecular complexity index is 741. The van der Waals surface area contributed by atoms with Crippen molar-refractivity contribution in [2.45, 2.75) is 32.1 Å². The number of hydrogen-bond acceptors (Lipinski definition) is 2. The Morgan fingerprint density at radius 1 is 1.00 bits per heavy atom. The maximum Gasteiger partial charge on any atom is 0.211 e. The van der Waals surface area contributed by atoms with Gasteiger partial charge in [0.2, 0.25) is 10.0 Å². The van der Waals surface area contributed by atoms with Gasteiger partial charge >= 0.3 is 0 Å². The molecule has 0 aliphatic rings. The van der Waals surface area contributed by atoms with E-state index in [4.69, 9.17) is 0 Å². The second-order valence-corrected chi connectivity index (χ2v) is 8.55. The molecule has 0 fully saturated rings. The lowest BCUT2D eigenvalue weighted by atomic mass is 9.85. The summed E-state index contributed by atoms with van der Waals surface area (Å²) in [5, 5.41) is 0. The fourth-order valence-corrected chi connectivity index (χ4v) is 3.73. The molecule has 0 amide bonds. The van der Waals surface area contributed by atoms with Gasteiger partial charge in [-0.05, 0) is 36.1 Å². The van der Waals surface area contributed by atoms with Crippen LogP contribution in [0.2, 0.25) is 0 Å². The van der Waals surface area contributed by atoms with Crippen LogP contribution in [0.3, 0.4) is 0 Å². The van der Waals surface area contributed by atoms with Crippen LogP contribution in [0.25, 0.3) is 0 Å². The van der Waals surface area contributed by atoms with Crippen molar-refractivity contribution in [3.8, 4) is 0 Å². The predicted molar refractivity (Wildman–Crippen MR) is 96.0 cm³/mol. The van der Waals surface area contributed by atoms with Crippen molar-refractivity contribution in [1.29, 1.82) is 0 Å². The molecule has 5 heteroatoms. The molecule has 2 aromatic rings. The Labute approximate surface area is 144 Å². The van der Waals surface area contributed by atoms with E-state index in [0.717, 1.165) is 17.5 Å². The molecule has 0 unspecified atom stereocenters. The lowest BCUT2D eigenvalue weighted by molar-refractivity contribution is 0.499. The summed E-state index contributed by atoms with van der Waals surface area (Å²) in [5.74, 6) is -0.197. The first-order valence-electron chi connectivity index (χ1n) is 8.06. The molecule has 0 aliphatic heterocycles. The normalized spacial score (nSPS) is 12.3. The quantitative estimate of drug-likeness (QED) is 0.791. The molecule has 0 bridgehead atoms. The molecule has 0 saturated carbocycles. The first-order chi connectivity index (χ1) is 11.3. The average molecular weight is 349 g/mol. The molecule has 1 N–H and O–H groups in total. The van der Waals surface area contributed by atoms with E-state index in [9.17, 15) is 12.8 Å². The lowest BCUT2D eigenvalue weighted by Gasteiger charge is -2.25. The molecule has 24 heavy (non-hydrogen) atoms. The summed E-state index contributed by atoms with van der Waals surface area (Å²) in [6.07, 6.45) is 1.32. The summed E-state index contributed by atoms with van der Waals surface area (Å²) in [5.41, 5.74) is 1.63. The number of halogens is 1. The van der Waals surface area contributed by atoms with Crippen molar-refractivity contribution < 1.29 is 12.8 Å². The number of rotatable bonds is 8. The van der Waals surface area contributed by atoms with Gasteiger partial charge in [0.05, 0.1) is 5.75 Å². The van der Waals surface area contributed by atoms with Gasteiger partial charge in [-0.15, -0.1) is 0 Å². The van der Waals surface area contributed by atoms with Crippen LogP contribution in [0.15, 0.2) is 54.6 Å². The van der Waals surface area contributed by atoms with Crippen molar-refractivity contribution in [3.63, 3.8) is 0 Å². The van der Waals surface area contributed by atoms with Crippen molar-refractivity contribution in [2.75, 3.05) is 12.3 Å². The second kappa shape index (κ2) is 7.90. The van der Waals surface area contributed by atoms with Crippen LogP contribution in [0.5, 0.6) is 0 Å². The molecule has 3 nitrogen and oxygen atoms in total. The largest absolute Gasteiger partial charge is 0.214 e. The van der Waals surface area contributed by atoms with Crippen LogP contribution in [0.4, 0.5) is 4.39 Å². The maximum absolute atomic E-state index is 13.0. The summed E-state index contributed by atoms with van der Waals surface area (Å²) in [4.78, 5) is 0.